The summed E-state index contributed by atoms with van der Waals surface area (Å²) in [6.45, 7) is 7.29. The van der Waals surface area contributed by atoms with E-state index < -0.39 is 5.97 Å². The average Bonchev–Trinajstić information content (AvgIpc) is 2.61. The molecule has 0 aliphatic heterocycles. The van der Waals surface area contributed by atoms with Gasteiger partial charge in [-0.15, -0.1) is 0 Å². The van der Waals surface area contributed by atoms with E-state index in [0.29, 0.717) is 35.8 Å². The summed E-state index contributed by atoms with van der Waals surface area (Å²) >= 11 is 0. The molecule has 3 N–H and O–H groups in total. The predicted octanol–water partition coefficient (Wildman–Crippen LogP) is 5.25. The fourth-order valence-corrected chi connectivity index (χ4v) is 2.82. The molecule has 0 radical (unpaired) electrons. The molecule has 0 amide bonds. The minimum atomic E-state index is -0.881. The van der Waals surface area contributed by atoms with Gasteiger partial charge < -0.3 is 15.3 Å². The molecule has 0 aliphatic carbocycles. The monoisotopic (exact) mass is 386 g/mol. The van der Waals surface area contributed by atoms with Gasteiger partial charge in [0.2, 0.25) is 0 Å². The zero-order valence-electron chi connectivity index (χ0n) is 17.1. The smallest absolute Gasteiger partial charge is 0.330 e. The molecule has 5 heteroatoms. The Kier molecular flexibility index (Phi) is 9.22. The third-order valence-corrected chi connectivity index (χ3v) is 4.76. The van der Waals surface area contributed by atoms with Crippen molar-refractivity contribution in [3.05, 3.63) is 57.7 Å². The number of carbonyl (C=O) groups excluding carboxylic acids is 1. The molecular formula is C23H30O5. The van der Waals surface area contributed by atoms with Gasteiger partial charge in [-0.3, -0.25) is 4.79 Å². The van der Waals surface area contributed by atoms with Crippen LogP contribution in [0.5, 0.6) is 11.5 Å². The van der Waals surface area contributed by atoms with Crippen LogP contribution in [0, 0.1) is 6.92 Å². The number of aldehydes is 1. The second kappa shape index (κ2) is 11.1. The summed E-state index contributed by atoms with van der Waals surface area (Å²) in [5.74, 6) is -1.05. The molecular weight excluding hydrogens is 356 g/mol. The van der Waals surface area contributed by atoms with Crippen molar-refractivity contribution in [2.45, 2.75) is 59.8 Å². The van der Waals surface area contributed by atoms with Gasteiger partial charge in [-0.2, -0.15) is 0 Å². The number of hydrogen-bond donors (Lipinski definition) is 3. The summed E-state index contributed by atoms with van der Waals surface area (Å²) in [6.07, 6.45) is 10.0. The van der Waals surface area contributed by atoms with E-state index in [9.17, 15) is 19.8 Å². The van der Waals surface area contributed by atoms with Crippen molar-refractivity contribution in [2.75, 3.05) is 0 Å². The van der Waals surface area contributed by atoms with Crippen LogP contribution in [-0.2, 0) is 11.2 Å². The lowest BCUT2D eigenvalue weighted by atomic mass is 9.99. The standard InChI is InChI=1S/C23H30O5/c1-15(9-6-10-17(3)23(27)28)7-5-8-16(2)11-12-19-21(25)13-18(4)20(14-24)22(19)26/h7,10-11,13-14,25-26H,5-6,8-9,12H2,1-4H3,(H,27,28). The van der Waals surface area contributed by atoms with Crippen molar-refractivity contribution in [3.63, 3.8) is 0 Å². The van der Waals surface area contributed by atoms with E-state index in [1.165, 1.54) is 11.6 Å². The lowest BCUT2D eigenvalue weighted by Gasteiger charge is -2.10. The van der Waals surface area contributed by atoms with E-state index in [2.05, 4.69) is 6.08 Å². The lowest BCUT2D eigenvalue weighted by Crippen LogP contribution is -1.95. The maximum absolute atomic E-state index is 11.1. The van der Waals surface area contributed by atoms with E-state index in [1.807, 2.05) is 19.9 Å². The molecule has 0 bridgehead atoms. The van der Waals surface area contributed by atoms with Gasteiger partial charge >= 0.3 is 5.97 Å². The molecule has 0 aliphatic rings. The number of rotatable bonds is 10. The number of aryl methyl sites for hydroxylation is 1. The molecule has 1 rings (SSSR count). The maximum Gasteiger partial charge on any atom is 0.330 e. The first kappa shape index (κ1) is 23.2. The minimum absolute atomic E-state index is 0.00917. The zero-order chi connectivity index (χ0) is 21.3. The summed E-state index contributed by atoms with van der Waals surface area (Å²) in [5.41, 5.74) is 3.82. The first-order valence-corrected chi connectivity index (χ1v) is 9.38. The topological polar surface area (TPSA) is 94.8 Å². The molecule has 1 aromatic rings. The van der Waals surface area contributed by atoms with Crippen LogP contribution in [-0.4, -0.2) is 27.6 Å². The third kappa shape index (κ3) is 7.06. The van der Waals surface area contributed by atoms with Crippen LogP contribution in [0.25, 0.3) is 0 Å². The summed E-state index contributed by atoms with van der Waals surface area (Å²) in [5, 5.41) is 29.1. The molecule has 0 saturated carbocycles. The number of phenols is 2. The molecule has 0 spiro atoms. The minimum Gasteiger partial charge on any atom is -0.508 e. The Balaban J connectivity index is 2.62. The SMILES string of the molecule is CC(=CCCC(C)=CCc1c(O)cc(C)c(C=O)c1O)CCC=C(C)C(=O)O. The number of carboxylic acid groups (broad SMARTS) is 1. The third-order valence-electron chi connectivity index (χ3n) is 4.76. The summed E-state index contributed by atoms with van der Waals surface area (Å²) in [6, 6.07) is 1.49. The molecule has 152 valence electrons. The molecule has 0 fully saturated rings. The van der Waals surface area contributed by atoms with Crippen LogP contribution >= 0.6 is 0 Å². The van der Waals surface area contributed by atoms with Crippen molar-refractivity contribution in [1.82, 2.24) is 0 Å². The number of carbonyl (C=O) groups is 2. The van der Waals surface area contributed by atoms with E-state index in [1.54, 1.807) is 19.9 Å². The molecule has 0 saturated heterocycles. The number of phenolic OH excluding ortho intramolecular Hbond substituents is 2. The Morgan fingerprint density at radius 3 is 2.14 bits per heavy atom. The molecule has 1 aromatic carbocycles. The summed E-state index contributed by atoms with van der Waals surface area (Å²) in [4.78, 5) is 21.8. The number of aromatic hydroxyl groups is 2. The average molecular weight is 386 g/mol. The Morgan fingerprint density at radius 1 is 1.00 bits per heavy atom. The molecule has 0 heterocycles. The first-order chi connectivity index (χ1) is 13.2. The van der Waals surface area contributed by atoms with Crippen molar-refractivity contribution >= 4 is 12.3 Å². The van der Waals surface area contributed by atoms with Gasteiger partial charge in [0.05, 0.1) is 5.56 Å². The molecule has 0 unspecified atom stereocenters. The predicted molar refractivity (Wildman–Crippen MR) is 111 cm³/mol. The fraction of sp³-hybridized carbons (Fsp3) is 0.391. The van der Waals surface area contributed by atoms with Crippen LogP contribution in [0.1, 0.15) is 67.9 Å². The molecule has 0 atom stereocenters. The van der Waals surface area contributed by atoms with E-state index in [0.717, 1.165) is 24.8 Å². The van der Waals surface area contributed by atoms with Crippen LogP contribution in [0.15, 0.2) is 41.0 Å². The number of aliphatic carboxylic acids is 1. The van der Waals surface area contributed by atoms with Crippen LogP contribution < -0.4 is 0 Å². The van der Waals surface area contributed by atoms with Gasteiger partial charge in [-0.1, -0.05) is 29.4 Å². The van der Waals surface area contributed by atoms with Gasteiger partial charge in [0.1, 0.15) is 11.5 Å². The Morgan fingerprint density at radius 2 is 1.57 bits per heavy atom. The van der Waals surface area contributed by atoms with Crippen LogP contribution in [0.4, 0.5) is 0 Å². The molecule has 5 nitrogen and oxygen atoms in total. The molecule has 28 heavy (non-hydrogen) atoms. The number of hydrogen-bond acceptors (Lipinski definition) is 4. The maximum atomic E-state index is 11.1. The van der Waals surface area contributed by atoms with Crippen molar-refractivity contribution in [3.8, 4) is 11.5 Å². The van der Waals surface area contributed by atoms with Crippen molar-refractivity contribution < 1.29 is 24.9 Å². The lowest BCUT2D eigenvalue weighted by molar-refractivity contribution is -0.132. The number of carboxylic acids is 1. The fourth-order valence-electron chi connectivity index (χ4n) is 2.82. The molecule has 0 aromatic heterocycles. The second-order valence-electron chi connectivity index (χ2n) is 7.15. The number of benzene rings is 1. The Hall–Kier alpha value is -2.82. The van der Waals surface area contributed by atoms with Gasteiger partial charge in [0.15, 0.2) is 6.29 Å². The van der Waals surface area contributed by atoms with Gasteiger partial charge in [-0.05, 0) is 71.4 Å². The van der Waals surface area contributed by atoms with Gasteiger partial charge in [-0.25, -0.2) is 4.79 Å². The first-order valence-electron chi connectivity index (χ1n) is 9.38. The Labute approximate surface area is 166 Å². The van der Waals surface area contributed by atoms with Gasteiger partial charge in [0, 0.05) is 11.1 Å². The Bertz CT molecular complexity index is 813. The highest BCUT2D eigenvalue weighted by Crippen LogP contribution is 2.33. The number of allylic oxidation sites excluding steroid dienone is 5. The highest BCUT2D eigenvalue weighted by atomic mass is 16.4. The summed E-state index contributed by atoms with van der Waals surface area (Å²) in [7, 11) is 0. The summed E-state index contributed by atoms with van der Waals surface area (Å²) < 4.78 is 0. The van der Waals surface area contributed by atoms with Gasteiger partial charge in [0.25, 0.3) is 0 Å². The van der Waals surface area contributed by atoms with E-state index in [4.69, 9.17) is 5.11 Å². The largest absolute Gasteiger partial charge is 0.508 e. The van der Waals surface area contributed by atoms with Crippen molar-refractivity contribution in [2.24, 2.45) is 0 Å². The zero-order valence-corrected chi connectivity index (χ0v) is 17.1. The van der Waals surface area contributed by atoms with Crippen LogP contribution in [0.3, 0.4) is 0 Å². The quantitative estimate of drug-likeness (QED) is 0.290. The normalized spacial score (nSPS) is 12.9. The van der Waals surface area contributed by atoms with E-state index >= 15 is 0 Å². The highest BCUT2D eigenvalue weighted by Gasteiger charge is 2.14. The second-order valence-corrected chi connectivity index (χ2v) is 7.15. The van der Waals surface area contributed by atoms with Crippen molar-refractivity contribution in [1.29, 1.82) is 0 Å². The van der Waals surface area contributed by atoms with Crippen LogP contribution in [0.2, 0.25) is 0 Å². The highest BCUT2D eigenvalue weighted by molar-refractivity contribution is 5.85. The van der Waals surface area contributed by atoms with E-state index in [-0.39, 0.29) is 17.1 Å².